The minimum absolute atomic E-state index is 0.0656. The zero-order valence-corrected chi connectivity index (χ0v) is 16.0. The fourth-order valence-electron chi connectivity index (χ4n) is 1.98. The van der Waals surface area contributed by atoms with Gasteiger partial charge in [0.05, 0.1) is 32.0 Å². The van der Waals surface area contributed by atoms with Crippen molar-refractivity contribution in [3.05, 3.63) is 29.3 Å². The Morgan fingerprint density at radius 3 is 2.14 bits per heavy atom. The van der Waals surface area contributed by atoms with Gasteiger partial charge < -0.3 is 14.2 Å². The molecule has 0 aliphatic heterocycles. The summed E-state index contributed by atoms with van der Waals surface area (Å²) in [4.78, 5) is 23.4. The second kappa shape index (κ2) is 10.5. The van der Waals surface area contributed by atoms with Crippen molar-refractivity contribution in [1.29, 1.82) is 0 Å². The molecular weight excluding hydrogens is 431 g/mol. The van der Waals surface area contributed by atoms with Crippen LogP contribution in [-0.2, 0) is 24.7 Å². The molecular formula is C16H17F5O7S. The average Bonchev–Trinajstić information content (AvgIpc) is 2.67. The minimum atomic E-state index is -5.24. The maximum absolute atomic E-state index is 13.5. The first-order chi connectivity index (χ1) is 13.4. The molecule has 1 atom stereocenters. The molecule has 0 spiro atoms. The number of hydrogen-bond acceptors (Lipinski definition) is 7. The van der Waals surface area contributed by atoms with Gasteiger partial charge in [-0.2, -0.15) is 13.2 Å². The summed E-state index contributed by atoms with van der Waals surface area (Å²) in [6.07, 6.45) is -1.19. The van der Waals surface area contributed by atoms with Crippen molar-refractivity contribution in [3.8, 4) is 5.75 Å². The molecule has 0 fully saturated rings. The van der Waals surface area contributed by atoms with E-state index >= 15 is 0 Å². The largest absolute Gasteiger partial charge is 0.497 e. The molecule has 1 rings (SSSR count). The second-order valence-electron chi connectivity index (χ2n) is 5.44. The summed E-state index contributed by atoms with van der Waals surface area (Å²) in [7, 11) is 2.20. The predicted octanol–water partition coefficient (Wildman–Crippen LogP) is 3.25. The Bertz CT molecular complexity index is 752. The first-order valence-electron chi connectivity index (χ1n) is 7.84. The standard InChI is InChI=1S/C16H17F5O7S/c1-25-13(22)11-5-4-10(8-12(11)14(23)26-2)27-7-3-6-15(17,18)9-28-29(24)16(19,20)21/h4-5,8H,3,6-7,9H2,1-2H3. The summed E-state index contributed by atoms with van der Waals surface area (Å²) in [5.74, 6) is -5.24. The van der Waals surface area contributed by atoms with E-state index in [1.165, 1.54) is 12.1 Å². The van der Waals surface area contributed by atoms with Gasteiger partial charge in [0, 0.05) is 6.42 Å². The van der Waals surface area contributed by atoms with Crippen molar-refractivity contribution < 1.29 is 54.1 Å². The molecule has 0 aliphatic carbocycles. The van der Waals surface area contributed by atoms with Gasteiger partial charge >= 0.3 is 17.4 Å². The molecule has 0 radical (unpaired) electrons. The Morgan fingerprint density at radius 2 is 1.59 bits per heavy atom. The molecule has 13 heteroatoms. The van der Waals surface area contributed by atoms with Gasteiger partial charge in [-0.1, -0.05) is 0 Å². The van der Waals surface area contributed by atoms with Gasteiger partial charge in [-0.25, -0.2) is 22.6 Å². The van der Waals surface area contributed by atoms with E-state index in [2.05, 4.69) is 13.7 Å². The number of esters is 2. The average molecular weight is 448 g/mol. The Balaban J connectivity index is 2.62. The van der Waals surface area contributed by atoms with Crippen molar-refractivity contribution in [2.75, 3.05) is 27.4 Å². The van der Waals surface area contributed by atoms with Gasteiger partial charge in [0.1, 0.15) is 12.4 Å². The highest BCUT2D eigenvalue weighted by molar-refractivity contribution is 7.81. The third-order valence-electron chi connectivity index (χ3n) is 3.32. The molecule has 7 nitrogen and oxygen atoms in total. The lowest BCUT2D eigenvalue weighted by Gasteiger charge is -2.16. The number of methoxy groups -OCH3 is 2. The highest BCUT2D eigenvalue weighted by Crippen LogP contribution is 2.26. The Labute approximate surface area is 164 Å². The number of halogens is 5. The van der Waals surface area contributed by atoms with Crippen LogP contribution in [0.15, 0.2) is 18.2 Å². The monoisotopic (exact) mass is 448 g/mol. The van der Waals surface area contributed by atoms with Crippen LogP contribution in [-0.4, -0.2) is 55.0 Å². The van der Waals surface area contributed by atoms with Gasteiger partial charge in [0.2, 0.25) is 0 Å². The number of ether oxygens (including phenoxy) is 3. The van der Waals surface area contributed by atoms with E-state index in [4.69, 9.17) is 4.74 Å². The third kappa shape index (κ3) is 7.93. The Morgan fingerprint density at radius 1 is 1.00 bits per heavy atom. The SMILES string of the molecule is COC(=O)c1ccc(OCCCC(F)(F)COS(=O)C(F)(F)F)cc1C(=O)OC. The number of alkyl halides is 5. The van der Waals surface area contributed by atoms with Gasteiger partial charge in [0.15, 0.2) is 0 Å². The van der Waals surface area contributed by atoms with Crippen molar-refractivity contribution in [2.45, 2.75) is 24.3 Å². The number of carbonyl (C=O) groups is 2. The molecule has 0 bridgehead atoms. The number of rotatable bonds is 10. The number of hydrogen-bond donors (Lipinski definition) is 0. The van der Waals surface area contributed by atoms with Crippen LogP contribution < -0.4 is 4.74 Å². The van der Waals surface area contributed by atoms with Crippen molar-refractivity contribution in [1.82, 2.24) is 0 Å². The molecule has 0 saturated carbocycles. The molecule has 0 saturated heterocycles. The quantitative estimate of drug-likeness (QED) is 0.308. The summed E-state index contributed by atoms with van der Waals surface area (Å²) >= 11 is -3.83. The van der Waals surface area contributed by atoms with E-state index in [9.17, 15) is 35.8 Å². The van der Waals surface area contributed by atoms with Crippen LogP contribution >= 0.6 is 0 Å². The topological polar surface area (TPSA) is 88.1 Å². The van der Waals surface area contributed by atoms with Crippen LogP contribution in [0.4, 0.5) is 22.0 Å². The molecule has 1 aromatic carbocycles. The Kier molecular flexibility index (Phi) is 8.95. The van der Waals surface area contributed by atoms with E-state index in [0.717, 1.165) is 20.3 Å². The van der Waals surface area contributed by atoms with Crippen LogP contribution in [0.2, 0.25) is 0 Å². The van der Waals surface area contributed by atoms with Crippen LogP contribution in [0, 0.1) is 0 Å². The number of benzene rings is 1. The minimum Gasteiger partial charge on any atom is -0.494 e. The van der Waals surface area contributed by atoms with Crippen LogP contribution in [0.3, 0.4) is 0 Å². The van der Waals surface area contributed by atoms with E-state index in [1.54, 1.807) is 0 Å². The predicted molar refractivity (Wildman–Crippen MR) is 88.9 cm³/mol. The summed E-state index contributed by atoms with van der Waals surface area (Å²) in [6.45, 7) is -1.95. The Hall–Kier alpha value is -2.28. The van der Waals surface area contributed by atoms with E-state index in [0.29, 0.717) is 0 Å². The van der Waals surface area contributed by atoms with Gasteiger partial charge in [-0.3, -0.25) is 4.18 Å². The van der Waals surface area contributed by atoms with Gasteiger partial charge in [0.25, 0.3) is 17.0 Å². The van der Waals surface area contributed by atoms with Crippen molar-refractivity contribution in [3.63, 3.8) is 0 Å². The first-order valence-corrected chi connectivity index (χ1v) is 8.92. The van der Waals surface area contributed by atoms with Crippen molar-refractivity contribution >= 4 is 23.0 Å². The molecule has 164 valence electrons. The molecule has 0 N–H and O–H groups in total. The number of carbonyl (C=O) groups excluding carboxylic acids is 2. The highest BCUT2D eigenvalue weighted by Gasteiger charge is 2.41. The lowest BCUT2D eigenvalue weighted by atomic mass is 10.1. The van der Waals surface area contributed by atoms with Crippen molar-refractivity contribution in [2.24, 2.45) is 0 Å². The third-order valence-corrected chi connectivity index (χ3v) is 4.03. The molecule has 0 heterocycles. The fraction of sp³-hybridized carbons (Fsp3) is 0.500. The molecule has 29 heavy (non-hydrogen) atoms. The zero-order chi connectivity index (χ0) is 22.2. The van der Waals surface area contributed by atoms with E-state index in [-0.39, 0.29) is 29.9 Å². The molecule has 1 aromatic rings. The smallest absolute Gasteiger partial charge is 0.494 e. The molecule has 1 unspecified atom stereocenters. The van der Waals surface area contributed by atoms with Crippen LogP contribution in [0.1, 0.15) is 33.6 Å². The maximum atomic E-state index is 13.5. The molecule has 0 amide bonds. The first kappa shape index (κ1) is 24.8. The second-order valence-corrected chi connectivity index (χ2v) is 6.61. The van der Waals surface area contributed by atoms with Crippen LogP contribution in [0.25, 0.3) is 0 Å². The fourth-order valence-corrected chi connectivity index (χ4v) is 2.39. The summed E-state index contributed by atoms with van der Waals surface area (Å²) < 4.78 is 91.5. The highest BCUT2D eigenvalue weighted by atomic mass is 32.2. The van der Waals surface area contributed by atoms with Gasteiger partial charge in [-0.05, 0) is 24.6 Å². The summed E-state index contributed by atoms with van der Waals surface area (Å²) in [6, 6.07) is 3.68. The lowest BCUT2D eigenvalue weighted by molar-refractivity contribution is -0.0693. The molecule has 0 aliphatic rings. The van der Waals surface area contributed by atoms with Crippen LogP contribution in [0.5, 0.6) is 5.75 Å². The zero-order valence-electron chi connectivity index (χ0n) is 15.2. The lowest BCUT2D eigenvalue weighted by Crippen LogP contribution is -2.28. The van der Waals surface area contributed by atoms with Gasteiger partial charge in [-0.15, -0.1) is 0 Å². The van der Waals surface area contributed by atoms with E-state index < -0.39 is 47.5 Å². The summed E-state index contributed by atoms with van der Waals surface area (Å²) in [5, 5.41) is 0. The summed E-state index contributed by atoms with van der Waals surface area (Å²) in [5.41, 5.74) is -5.49. The maximum Gasteiger partial charge on any atom is 0.497 e. The van der Waals surface area contributed by atoms with E-state index in [1.807, 2.05) is 0 Å². The molecule has 0 aromatic heterocycles. The normalized spacial score (nSPS) is 12.9.